The highest BCUT2D eigenvalue weighted by Gasteiger charge is 2.49. The van der Waals surface area contributed by atoms with Crippen molar-refractivity contribution in [3.8, 4) is 5.75 Å². The lowest BCUT2D eigenvalue weighted by Gasteiger charge is -2.37. The molecule has 534 valence electrons. The third-order valence-electron chi connectivity index (χ3n) is 17.0. The summed E-state index contributed by atoms with van der Waals surface area (Å²) in [7, 11) is 0. The molecule has 7 aromatic rings. The SMILES string of the molecule is C[C@@]12CCCN1C(=O)[C@H](Cc1ccc(O)cc1)NC(=O)[C@H](Cc1cnc[nH]1)NC(=O)[C@H](CC(=O)O)NC(=O)[C@H](Cc1c[nH]c3ccc(F)cc13)NC(=O)[C@H](Cc1c[nH]c3ccc(F)cc13)NC(=O)CNC(=O)[C@H](CCO)NC(=O)CCSCc1cccc(c1)CSC[C@@H](C(N)=O)NC2=O.[HH].[HH].[HH].[HH].[HH]. The summed E-state index contributed by atoms with van der Waals surface area (Å²) in [6.45, 7) is 0.175. The smallest absolute Gasteiger partial charge is 0.305 e. The number of carbonyl (C=O) groups is 11. The van der Waals surface area contributed by atoms with E-state index in [2.05, 4.69) is 62.5 Å². The zero-order valence-electron chi connectivity index (χ0n) is 53.6. The molecule has 16 N–H and O–H groups in total. The second kappa shape index (κ2) is 33.8. The molecule has 28 nitrogen and oxygen atoms in total. The number of carboxylic acids is 1. The summed E-state index contributed by atoms with van der Waals surface area (Å²) < 4.78 is 29.7. The number of aliphatic carboxylic acids is 1. The van der Waals surface area contributed by atoms with Crippen LogP contribution in [0.2, 0.25) is 0 Å². The van der Waals surface area contributed by atoms with E-state index in [-0.39, 0.29) is 73.9 Å². The number of aliphatic hydroxyl groups is 1. The van der Waals surface area contributed by atoms with Gasteiger partial charge in [0.05, 0.1) is 19.3 Å². The van der Waals surface area contributed by atoms with Crippen molar-refractivity contribution in [3.63, 3.8) is 0 Å². The molecule has 32 heteroatoms. The number of nitrogens with zero attached hydrogens (tertiary/aromatic N) is 2. The van der Waals surface area contributed by atoms with Crippen molar-refractivity contribution >= 4 is 110 Å². The van der Waals surface area contributed by atoms with Crippen LogP contribution in [-0.4, -0.2) is 184 Å². The number of primary amides is 1. The van der Waals surface area contributed by atoms with Gasteiger partial charge in [0.25, 0.3) is 0 Å². The number of imidazole rings is 1. The topological polar surface area (TPSA) is 434 Å². The number of hydrogen-bond acceptors (Lipinski definition) is 16. The number of aromatic nitrogens is 4. The van der Waals surface area contributed by atoms with Crippen molar-refractivity contribution in [3.05, 3.63) is 155 Å². The van der Waals surface area contributed by atoms with E-state index in [1.807, 2.05) is 24.3 Å². The van der Waals surface area contributed by atoms with Crippen LogP contribution >= 0.6 is 23.5 Å². The molecular weight excluding hydrogens is 1330 g/mol. The molecule has 8 atom stereocenters. The fourth-order valence-electron chi connectivity index (χ4n) is 11.8. The maximum Gasteiger partial charge on any atom is 0.305 e. The van der Waals surface area contributed by atoms with Gasteiger partial charge in [-0.15, -0.1) is 0 Å². The molecule has 1 fully saturated rings. The number of aliphatic hydroxyl groups excluding tert-OH is 1. The first-order valence-electron chi connectivity index (χ1n) is 31.7. The van der Waals surface area contributed by atoms with Crippen molar-refractivity contribution in [1.82, 2.24) is 67.4 Å². The summed E-state index contributed by atoms with van der Waals surface area (Å²) in [5.74, 6) is -11.2. The monoisotopic (exact) mass is 1410 g/mol. The van der Waals surface area contributed by atoms with E-state index in [0.29, 0.717) is 51.2 Å². The summed E-state index contributed by atoms with van der Waals surface area (Å²) in [6.07, 6.45) is 2.93. The number of hydrogen-bond donors (Lipinski definition) is 15. The molecule has 4 aromatic carbocycles. The Balaban J connectivity index is 0.00000458. The number of nitrogens with two attached hydrogens (primary N) is 1. The number of benzene rings is 4. The molecule has 0 spiro atoms. The number of halogens is 2. The number of thioether (sulfide) groups is 2. The minimum atomic E-state index is -2.06. The lowest BCUT2D eigenvalue weighted by Crippen LogP contribution is -2.63. The van der Waals surface area contributed by atoms with Gasteiger partial charge in [0.15, 0.2) is 0 Å². The predicted molar refractivity (Wildman–Crippen MR) is 371 cm³/mol. The highest BCUT2D eigenvalue weighted by molar-refractivity contribution is 7.98. The van der Waals surface area contributed by atoms with E-state index in [4.69, 9.17) is 5.73 Å². The van der Waals surface area contributed by atoms with Gasteiger partial charge in [-0.2, -0.15) is 23.5 Å². The van der Waals surface area contributed by atoms with Crippen LogP contribution in [-0.2, 0) is 89.9 Å². The number of aromatic amines is 3. The summed E-state index contributed by atoms with van der Waals surface area (Å²) >= 11 is 2.73. The zero-order chi connectivity index (χ0) is 70.9. The summed E-state index contributed by atoms with van der Waals surface area (Å²) in [5, 5.41) is 51.5. The molecule has 0 unspecified atom stereocenters. The van der Waals surface area contributed by atoms with Gasteiger partial charge in [-0.05, 0) is 103 Å². The quantitative estimate of drug-likeness (QED) is 0.0789. The molecule has 2 bridgehead atoms. The number of carboxylic acid groups (broad SMARTS) is 1. The Kier molecular flexibility index (Phi) is 24.9. The molecule has 3 aromatic heterocycles. The van der Waals surface area contributed by atoms with Crippen molar-refractivity contribution < 1.29 is 84.0 Å². The highest BCUT2D eigenvalue weighted by atomic mass is 32.2. The van der Waals surface area contributed by atoms with Gasteiger partial charge in [0.1, 0.15) is 65.2 Å². The summed E-state index contributed by atoms with van der Waals surface area (Å²) in [5.41, 5.74) is 8.06. The van der Waals surface area contributed by atoms with Crippen molar-refractivity contribution in [1.29, 1.82) is 0 Å². The second-order valence-corrected chi connectivity index (χ2v) is 26.4. The first-order chi connectivity index (χ1) is 47.4. The second-order valence-electron chi connectivity index (χ2n) is 24.3. The largest absolute Gasteiger partial charge is 0.508 e. The van der Waals surface area contributed by atoms with Gasteiger partial charge in [-0.1, -0.05) is 36.4 Å². The molecule has 5 heterocycles. The van der Waals surface area contributed by atoms with Crippen LogP contribution in [0.1, 0.15) is 79.7 Å². The first kappa shape index (κ1) is 72.9. The van der Waals surface area contributed by atoms with Gasteiger partial charge < -0.3 is 83.4 Å². The van der Waals surface area contributed by atoms with E-state index in [9.17, 15) is 67.3 Å². The normalized spacial score (nSPS) is 22.9. The fraction of sp³-hybridized carbons (Fsp3) is 0.373. The van der Waals surface area contributed by atoms with E-state index in [0.717, 1.165) is 17.2 Å². The average molecular weight is 1410 g/mol. The molecule has 99 heavy (non-hydrogen) atoms. The molecule has 2 aliphatic heterocycles. The lowest BCUT2D eigenvalue weighted by molar-refractivity contribution is -0.147. The van der Waals surface area contributed by atoms with Crippen molar-refractivity contribution in [2.75, 3.05) is 31.2 Å². The number of amides is 10. The molecule has 0 radical (unpaired) electrons. The Hall–Kier alpha value is -10.3. The predicted octanol–water partition coefficient (Wildman–Crippen LogP) is 2.66. The van der Waals surface area contributed by atoms with E-state index in [1.165, 1.54) is 115 Å². The fourth-order valence-corrected chi connectivity index (χ4v) is 13.7. The number of phenols is 1. The Morgan fingerprint density at radius 1 is 0.667 bits per heavy atom. The standard InChI is InChI=1S/C67H76F2N14O14S2.5H2/c1-67-16-3-17-83(67)65(96)54(21-36-6-10-44(85)11-7-36)81-63(94)52(26-43-30-71-35-75-43)79-64(95)53(27-58(88)89)80-62(93)51(23-40-29-73-48-13-9-42(69)25-46(40)48)78-61(92)50(22-39-28-72-47-12-8-41(68)24-45(39)47)77-57(87)31-74-60(91)49(14-18-84)76-56(86)15-19-98-32-37-4-2-5-38(20-37)33-99-34-55(59(70)90)82-66(67)97;;;;;/h2,4-13,20,24-25,28-30,35,49-55,72-73,84-85H,3,14-19,21-23,26-27,31-34H2,1H3,(H2,70,90)(H,71,75)(H,74,91)(H,76,86)(H,77,87)(H,78,92)(H,79,95)(H,80,93)(H,81,94)(H,82,97)(H,88,89);5*1H/t49-,50-,51-,52-,53-,54-,55-,67-;;;;;/m0...../s1. The van der Waals surface area contributed by atoms with Gasteiger partial charge in [-0.25, -0.2) is 13.8 Å². The van der Waals surface area contributed by atoms with Crippen LogP contribution in [0.4, 0.5) is 8.78 Å². The number of nitrogens with one attached hydrogen (secondary N) is 11. The van der Waals surface area contributed by atoms with Crippen LogP contribution in [0.5, 0.6) is 5.75 Å². The number of aromatic hydroxyl groups is 1. The minimum absolute atomic E-state index is 0. The molecule has 10 amide bonds. The Morgan fingerprint density at radius 3 is 1.84 bits per heavy atom. The van der Waals surface area contributed by atoms with Gasteiger partial charge in [0, 0.05) is 121 Å². The lowest BCUT2D eigenvalue weighted by atomic mass is 9.95. The van der Waals surface area contributed by atoms with Crippen molar-refractivity contribution in [2.45, 2.75) is 124 Å². The zero-order valence-corrected chi connectivity index (χ0v) is 55.3. The van der Waals surface area contributed by atoms with Gasteiger partial charge >= 0.3 is 5.97 Å². The minimum Gasteiger partial charge on any atom is -0.508 e. The molecule has 2 aliphatic rings. The first-order valence-corrected chi connectivity index (χ1v) is 34.1. The van der Waals surface area contributed by atoms with Gasteiger partial charge in [0.2, 0.25) is 59.1 Å². The van der Waals surface area contributed by atoms with Crippen LogP contribution in [0.3, 0.4) is 0 Å². The number of carbonyl (C=O) groups excluding carboxylic acids is 10. The third kappa shape index (κ3) is 19.7. The Morgan fingerprint density at radius 2 is 1.24 bits per heavy atom. The van der Waals surface area contributed by atoms with E-state index in [1.54, 1.807) is 0 Å². The van der Waals surface area contributed by atoms with Crippen LogP contribution in [0.15, 0.2) is 110 Å². The highest BCUT2D eigenvalue weighted by Crippen LogP contribution is 2.32. The molecule has 1 saturated heterocycles. The molecular formula is C67H86F2N14O14S2. The Labute approximate surface area is 581 Å². The number of H-pyrrole nitrogens is 3. The van der Waals surface area contributed by atoms with Gasteiger partial charge in [-0.3, -0.25) is 52.7 Å². The molecule has 0 aliphatic carbocycles. The van der Waals surface area contributed by atoms with Crippen LogP contribution in [0, 0.1) is 11.6 Å². The van der Waals surface area contributed by atoms with E-state index >= 15 is 9.59 Å². The van der Waals surface area contributed by atoms with Crippen LogP contribution in [0.25, 0.3) is 21.8 Å². The maximum atomic E-state index is 15.2. The third-order valence-corrected chi connectivity index (χ3v) is 19.2. The number of phenolic OH excluding ortho intramolecular Hbond substituents is 1. The Bertz CT molecular complexity index is 4150. The average Bonchev–Trinajstić information content (AvgIpc) is 1.62. The molecule has 0 saturated carbocycles. The number of fused-ring (bicyclic) bond motifs is 5. The molecule has 9 rings (SSSR count). The summed E-state index contributed by atoms with van der Waals surface area (Å²) in [4.78, 5) is 170. The van der Waals surface area contributed by atoms with Crippen LogP contribution < -0.4 is 48.3 Å². The van der Waals surface area contributed by atoms with Crippen molar-refractivity contribution in [2.24, 2.45) is 5.73 Å². The summed E-state index contributed by atoms with van der Waals surface area (Å²) in [6, 6.07) is 9.52. The van der Waals surface area contributed by atoms with E-state index < -0.39 is 157 Å². The number of rotatable bonds is 13. The maximum absolute atomic E-state index is 15.2.